The Morgan fingerprint density at radius 1 is 1.20 bits per heavy atom. The van der Waals surface area contributed by atoms with Crippen LogP contribution in [0.1, 0.15) is 23.1 Å². The highest BCUT2D eigenvalue weighted by Crippen LogP contribution is 2.25. The van der Waals surface area contributed by atoms with Gasteiger partial charge in [0, 0.05) is 25.7 Å². The molecule has 0 fully saturated rings. The summed E-state index contributed by atoms with van der Waals surface area (Å²) in [6, 6.07) is 12.3. The van der Waals surface area contributed by atoms with Gasteiger partial charge in [-0.25, -0.2) is 0 Å². The predicted molar refractivity (Wildman–Crippen MR) is 92.0 cm³/mol. The maximum absolute atomic E-state index is 11.9. The molecule has 2 aromatic carbocycles. The van der Waals surface area contributed by atoms with Gasteiger partial charge in [-0.1, -0.05) is 30.3 Å². The van der Waals surface area contributed by atoms with Crippen LogP contribution in [0.3, 0.4) is 0 Å². The van der Waals surface area contributed by atoms with Crippen molar-refractivity contribution in [3.8, 4) is 5.75 Å². The van der Waals surface area contributed by atoms with Crippen LogP contribution in [0.15, 0.2) is 42.5 Å². The normalized spacial score (nSPS) is 12.5. The lowest BCUT2D eigenvalue weighted by Gasteiger charge is -2.08. The number of hydrogen-bond donors (Lipinski definition) is 2. The van der Waals surface area contributed by atoms with Gasteiger partial charge in [-0.3, -0.25) is 14.9 Å². The van der Waals surface area contributed by atoms with E-state index in [9.17, 15) is 14.9 Å². The fraction of sp³-hybridized carbons (Fsp3) is 0.278. The smallest absolute Gasteiger partial charge is 0.310 e. The van der Waals surface area contributed by atoms with E-state index in [0.29, 0.717) is 6.54 Å². The third-order valence-electron chi connectivity index (χ3n) is 4.04. The molecule has 0 aliphatic carbocycles. The van der Waals surface area contributed by atoms with E-state index in [-0.39, 0.29) is 30.4 Å². The molecule has 1 amide bonds. The number of nitrogens with zero attached hydrogens (tertiary/aromatic N) is 1. The molecule has 0 unspecified atom stereocenters. The maximum Gasteiger partial charge on any atom is 0.310 e. The van der Waals surface area contributed by atoms with Gasteiger partial charge < -0.3 is 15.4 Å². The molecular weight excluding hydrogens is 322 g/mol. The quantitative estimate of drug-likeness (QED) is 0.595. The number of nitrogens with one attached hydrogen (secondary N) is 2. The lowest BCUT2D eigenvalue weighted by atomic mass is 10.1. The van der Waals surface area contributed by atoms with Crippen molar-refractivity contribution in [2.75, 3.05) is 6.61 Å². The number of para-hydroxylation sites is 2. The van der Waals surface area contributed by atoms with Gasteiger partial charge in [0.15, 0.2) is 5.75 Å². The molecule has 25 heavy (non-hydrogen) atoms. The van der Waals surface area contributed by atoms with Crippen molar-refractivity contribution < 1.29 is 14.5 Å². The summed E-state index contributed by atoms with van der Waals surface area (Å²) in [7, 11) is 0. The summed E-state index contributed by atoms with van der Waals surface area (Å²) in [4.78, 5) is 22.3. The van der Waals surface area contributed by atoms with Gasteiger partial charge >= 0.3 is 5.69 Å². The third-order valence-corrected chi connectivity index (χ3v) is 4.04. The second-order valence-electron chi connectivity index (χ2n) is 5.81. The second-order valence-corrected chi connectivity index (χ2v) is 5.81. The average Bonchev–Trinajstić information content (AvgIpc) is 3.08. The summed E-state index contributed by atoms with van der Waals surface area (Å²) in [6.07, 6.45) is 0.137. The number of amides is 1. The van der Waals surface area contributed by atoms with Crippen molar-refractivity contribution in [1.29, 1.82) is 0 Å². The van der Waals surface area contributed by atoms with Crippen molar-refractivity contribution in [3.05, 3.63) is 69.3 Å². The van der Waals surface area contributed by atoms with E-state index in [1.54, 1.807) is 12.1 Å². The van der Waals surface area contributed by atoms with E-state index < -0.39 is 4.92 Å². The number of nitro benzene ring substituents is 1. The van der Waals surface area contributed by atoms with Crippen molar-refractivity contribution in [2.45, 2.75) is 26.1 Å². The average molecular weight is 341 g/mol. The highest BCUT2D eigenvalue weighted by Gasteiger charge is 2.14. The summed E-state index contributed by atoms with van der Waals surface area (Å²) in [5.74, 6) is 0.0172. The third kappa shape index (κ3) is 4.33. The number of carbonyl (C=O) groups excluding carboxylic acids is 1. The van der Waals surface area contributed by atoms with Crippen molar-refractivity contribution in [1.82, 2.24) is 10.6 Å². The van der Waals surface area contributed by atoms with Crippen LogP contribution in [-0.2, 0) is 24.4 Å². The van der Waals surface area contributed by atoms with Gasteiger partial charge in [0.05, 0.1) is 18.0 Å². The number of nitro groups is 1. The zero-order valence-corrected chi connectivity index (χ0v) is 13.7. The van der Waals surface area contributed by atoms with Crippen molar-refractivity contribution >= 4 is 11.6 Å². The largest absolute Gasteiger partial charge is 0.486 e. The molecule has 1 aliphatic rings. The van der Waals surface area contributed by atoms with Crippen LogP contribution >= 0.6 is 0 Å². The first kappa shape index (κ1) is 16.9. The van der Waals surface area contributed by atoms with Crippen LogP contribution in [0.2, 0.25) is 0 Å². The number of carbonyl (C=O) groups is 1. The molecule has 0 bridgehead atoms. The highest BCUT2D eigenvalue weighted by molar-refractivity contribution is 5.76. The Kier molecular flexibility index (Phi) is 5.25. The van der Waals surface area contributed by atoms with E-state index in [2.05, 4.69) is 22.8 Å². The van der Waals surface area contributed by atoms with Crippen molar-refractivity contribution in [3.63, 3.8) is 0 Å². The van der Waals surface area contributed by atoms with Gasteiger partial charge in [-0.15, -0.1) is 0 Å². The van der Waals surface area contributed by atoms with E-state index in [4.69, 9.17) is 4.74 Å². The molecular formula is C18H19N3O4. The van der Waals surface area contributed by atoms with Crippen LogP contribution in [0.25, 0.3) is 0 Å². The molecule has 0 radical (unpaired) electrons. The van der Waals surface area contributed by atoms with Crippen molar-refractivity contribution in [2.24, 2.45) is 0 Å². The highest BCUT2D eigenvalue weighted by atomic mass is 16.6. The SMILES string of the molecule is O=C(CCOc1ccccc1[N+](=O)[O-])NCc1ccc2c(c1)CNC2. The molecule has 130 valence electrons. The number of hydrogen-bond acceptors (Lipinski definition) is 5. The van der Waals surface area contributed by atoms with Crippen LogP contribution in [0, 0.1) is 10.1 Å². The Morgan fingerprint density at radius 3 is 2.84 bits per heavy atom. The molecule has 0 spiro atoms. The minimum Gasteiger partial charge on any atom is -0.486 e. The zero-order valence-electron chi connectivity index (χ0n) is 13.7. The fourth-order valence-corrected chi connectivity index (χ4v) is 2.73. The van der Waals surface area contributed by atoms with E-state index in [1.807, 2.05) is 6.07 Å². The van der Waals surface area contributed by atoms with E-state index in [1.165, 1.54) is 23.3 Å². The molecule has 0 aromatic heterocycles. The molecule has 1 aliphatic heterocycles. The van der Waals surface area contributed by atoms with Crippen LogP contribution in [0.5, 0.6) is 5.75 Å². The zero-order chi connectivity index (χ0) is 17.6. The first-order valence-electron chi connectivity index (χ1n) is 8.08. The molecule has 0 atom stereocenters. The monoisotopic (exact) mass is 341 g/mol. The van der Waals surface area contributed by atoms with E-state index >= 15 is 0 Å². The Balaban J connectivity index is 1.45. The van der Waals surface area contributed by atoms with Gasteiger partial charge in [0.2, 0.25) is 5.91 Å². The van der Waals surface area contributed by atoms with Gasteiger partial charge in [0.25, 0.3) is 0 Å². The summed E-state index contributed by atoms with van der Waals surface area (Å²) in [5, 5.41) is 17.0. The Labute approximate surface area is 145 Å². The van der Waals surface area contributed by atoms with Gasteiger partial charge in [-0.2, -0.15) is 0 Å². The van der Waals surface area contributed by atoms with Crippen LogP contribution < -0.4 is 15.4 Å². The second kappa shape index (κ2) is 7.76. The summed E-state index contributed by atoms with van der Waals surface area (Å²) in [6.45, 7) is 2.30. The Morgan fingerprint density at radius 2 is 2.00 bits per heavy atom. The summed E-state index contributed by atoms with van der Waals surface area (Å²) < 4.78 is 5.37. The molecule has 7 nitrogen and oxygen atoms in total. The lowest BCUT2D eigenvalue weighted by molar-refractivity contribution is -0.385. The standard InChI is InChI=1S/C18H19N3O4/c22-18(7-8-25-17-4-2-1-3-16(17)21(23)24)20-10-13-5-6-14-11-19-12-15(14)9-13/h1-6,9,19H,7-8,10-12H2,(H,20,22). The molecule has 2 N–H and O–H groups in total. The fourth-order valence-electron chi connectivity index (χ4n) is 2.73. The van der Waals surface area contributed by atoms with Crippen LogP contribution in [-0.4, -0.2) is 17.4 Å². The lowest BCUT2D eigenvalue weighted by Crippen LogP contribution is -2.24. The Hall–Kier alpha value is -2.93. The van der Waals surface area contributed by atoms with Crippen LogP contribution in [0.4, 0.5) is 5.69 Å². The van der Waals surface area contributed by atoms with Gasteiger partial charge in [0.1, 0.15) is 0 Å². The number of rotatable bonds is 7. The number of benzene rings is 2. The predicted octanol–water partition coefficient (Wildman–Crippen LogP) is 2.28. The maximum atomic E-state index is 11.9. The number of ether oxygens (including phenoxy) is 1. The first-order chi connectivity index (χ1) is 12.1. The molecule has 1 heterocycles. The van der Waals surface area contributed by atoms with Gasteiger partial charge in [-0.05, 0) is 22.8 Å². The topological polar surface area (TPSA) is 93.5 Å². The molecule has 2 aromatic rings. The summed E-state index contributed by atoms with van der Waals surface area (Å²) in [5.41, 5.74) is 3.52. The molecule has 3 rings (SSSR count). The number of fused-ring (bicyclic) bond motifs is 1. The Bertz CT molecular complexity index is 792. The van der Waals surface area contributed by atoms with E-state index in [0.717, 1.165) is 18.7 Å². The minimum absolute atomic E-state index is 0.0881. The minimum atomic E-state index is -0.502. The molecule has 7 heteroatoms. The molecule has 0 saturated carbocycles. The molecule has 0 saturated heterocycles. The first-order valence-corrected chi connectivity index (χ1v) is 8.08. The summed E-state index contributed by atoms with van der Waals surface area (Å²) >= 11 is 0.